The first-order valence-electron chi connectivity index (χ1n) is 9.19. The summed E-state index contributed by atoms with van der Waals surface area (Å²) in [4.78, 5) is 26.3. The predicted molar refractivity (Wildman–Crippen MR) is 97.5 cm³/mol. The molecule has 1 aromatic rings. The molecule has 0 spiro atoms. The maximum atomic E-state index is 12.6. The summed E-state index contributed by atoms with van der Waals surface area (Å²) >= 11 is 0. The highest BCUT2D eigenvalue weighted by Crippen LogP contribution is 2.43. The molecule has 2 amide bonds. The number of carbonyl (C=O) groups excluding carboxylic acids is 2. The molecule has 2 aliphatic heterocycles. The minimum atomic E-state index is -0.00169. The Balaban J connectivity index is 1.77. The van der Waals surface area contributed by atoms with Crippen LogP contribution in [0.15, 0.2) is 23.3 Å². The van der Waals surface area contributed by atoms with E-state index < -0.39 is 0 Å². The van der Waals surface area contributed by atoms with Crippen LogP contribution in [0.3, 0.4) is 0 Å². The lowest BCUT2D eigenvalue weighted by Gasteiger charge is -2.39. The van der Waals surface area contributed by atoms with E-state index >= 15 is 0 Å². The first-order chi connectivity index (χ1) is 11.9. The van der Waals surface area contributed by atoms with E-state index in [0.717, 1.165) is 29.8 Å². The molecule has 5 atom stereocenters. The van der Waals surface area contributed by atoms with Gasteiger partial charge in [-0.2, -0.15) is 5.10 Å². The maximum absolute atomic E-state index is 12.6. The number of nitrogens with one attached hydrogen (secondary N) is 1. The normalized spacial score (nSPS) is 34.3. The highest BCUT2D eigenvalue weighted by Gasteiger charge is 2.43. The van der Waals surface area contributed by atoms with Gasteiger partial charge in [0, 0.05) is 30.5 Å². The molecule has 0 radical (unpaired) electrons. The van der Waals surface area contributed by atoms with Gasteiger partial charge < -0.3 is 4.90 Å². The van der Waals surface area contributed by atoms with Crippen molar-refractivity contribution in [1.82, 2.24) is 5.43 Å². The van der Waals surface area contributed by atoms with Crippen LogP contribution in [0.2, 0.25) is 0 Å². The van der Waals surface area contributed by atoms with Crippen molar-refractivity contribution in [1.29, 1.82) is 0 Å². The Labute approximate surface area is 148 Å². The zero-order chi connectivity index (χ0) is 17.9. The number of fused-ring (bicyclic) bond motifs is 2. The van der Waals surface area contributed by atoms with Gasteiger partial charge in [-0.05, 0) is 47.9 Å². The van der Waals surface area contributed by atoms with E-state index in [4.69, 9.17) is 0 Å². The molecule has 5 unspecified atom stereocenters. The molecule has 25 heavy (non-hydrogen) atoms. The Bertz CT molecular complexity index is 785. The van der Waals surface area contributed by atoms with E-state index in [1.54, 1.807) is 4.90 Å². The molecule has 0 bridgehead atoms. The molecular weight excluding hydrogens is 314 g/mol. The van der Waals surface area contributed by atoms with E-state index in [9.17, 15) is 9.59 Å². The molecule has 0 saturated heterocycles. The molecule has 132 valence electrons. The van der Waals surface area contributed by atoms with Gasteiger partial charge >= 0.3 is 0 Å². The van der Waals surface area contributed by atoms with Gasteiger partial charge in [0.2, 0.25) is 11.8 Å². The van der Waals surface area contributed by atoms with Gasteiger partial charge in [-0.3, -0.25) is 9.59 Å². The molecular formula is C20H25N3O2. The topological polar surface area (TPSA) is 61.8 Å². The lowest BCUT2D eigenvalue weighted by atomic mass is 9.68. The predicted octanol–water partition coefficient (Wildman–Crippen LogP) is 2.90. The molecule has 2 heterocycles. The fourth-order valence-corrected chi connectivity index (χ4v) is 4.45. The molecule has 1 saturated carbocycles. The lowest BCUT2D eigenvalue weighted by molar-refractivity contribution is -0.129. The smallest absolute Gasteiger partial charge is 0.243 e. The molecule has 1 aromatic carbocycles. The average molecular weight is 339 g/mol. The Morgan fingerprint density at radius 3 is 2.48 bits per heavy atom. The minimum Gasteiger partial charge on any atom is -0.315 e. The summed E-state index contributed by atoms with van der Waals surface area (Å²) in [6.45, 7) is 6.38. The number of rotatable bonds is 1. The standard InChI is InChI=1S/C20H25N3O2/c1-10-11(2)16-9-13(5-8-17(16)23(4)20(25)12(10)3)18-14-6-7-15(14)19(24)22-21-18/h5,8-12,14-15H,6-7H2,1-4H3,(H,22,24). The van der Waals surface area contributed by atoms with Crippen LogP contribution in [0.25, 0.3) is 0 Å². The molecule has 0 aromatic heterocycles. The van der Waals surface area contributed by atoms with Crippen molar-refractivity contribution in [2.24, 2.45) is 28.8 Å². The van der Waals surface area contributed by atoms with Crippen LogP contribution >= 0.6 is 0 Å². The Morgan fingerprint density at radius 1 is 1.08 bits per heavy atom. The molecule has 4 rings (SSSR count). The van der Waals surface area contributed by atoms with Crippen molar-refractivity contribution in [3.63, 3.8) is 0 Å². The van der Waals surface area contributed by atoms with Gasteiger partial charge in [0.25, 0.3) is 0 Å². The number of carbonyl (C=O) groups is 2. The molecule has 1 aliphatic carbocycles. The van der Waals surface area contributed by atoms with E-state index in [0.29, 0.717) is 0 Å². The van der Waals surface area contributed by atoms with Crippen molar-refractivity contribution in [3.8, 4) is 0 Å². The third-order valence-corrected chi connectivity index (χ3v) is 6.72. The van der Waals surface area contributed by atoms with E-state index in [1.165, 1.54) is 5.56 Å². The Morgan fingerprint density at radius 2 is 1.80 bits per heavy atom. The zero-order valence-corrected chi connectivity index (χ0v) is 15.2. The molecule has 1 N–H and O–H groups in total. The van der Waals surface area contributed by atoms with Crippen LogP contribution in [0.5, 0.6) is 0 Å². The lowest BCUT2D eigenvalue weighted by Crippen LogP contribution is -2.47. The number of anilines is 1. The first kappa shape index (κ1) is 16.3. The summed E-state index contributed by atoms with van der Waals surface area (Å²) in [6, 6.07) is 6.27. The van der Waals surface area contributed by atoms with Crippen molar-refractivity contribution in [3.05, 3.63) is 29.3 Å². The number of hydrogen-bond donors (Lipinski definition) is 1. The number of benzene rings is 1. The zero-order valence-electron chi connectivity index (χ0n) is 15.2. The Kier molecular flexibility index (Phi) is 3.71. The van der Waals surface area contributed by atoms with Crippen molar-refractivity contribution in [2.75, 3.05) is 11.9 Å². The molecule has 3 aliphatic rings. The van der Waals surface area contributed by atoms with Crippen molar-refractivity contribution >= 4 is 23.2 Å². The molecule has 5 nitrogen and oxygen atoms in total. The number of hydrogen-bond acceptors (Lipinski definition) is 3. The summed E-state index contributed by atoms with van der Waals surface area (Å²) in [7, 11) is 1.86. The number of amides is 2. The summed E-state index contributed by atoms with van der Waals surface area (Å²) < 4.78 is 0. The van der Waals surface area contributed by atoms with Gasteiger partial charge in [0.05, 0.1) is 5.71 Å². The van der Waals surface area contributed by atoms with E-state index in [2.05, 4.69) is 30.4 Å². The second kappa shape index (κ2) is 5.68. The number of nitrogens with zero attached hydrogens (tertiary/aromatic N) is 2. The monoisotopic (exact) mass is 339 g/mol. The van der Waals surface area contributed by atoms with Gasteiger partial charge in [-0.25, -0.2) is 5.43 Å². The summed E-state index contributed by atoms with van der Waals surface area (Å²) in [6.07, 6.45) is 1.97. The summed E-state index contributed by atoms with van der Waals surface area (Å²) in [5.74, 6) is 1.10. The van der Waals surface area contributed by atoms with E-state index in [-0.39, 0.29) is 41.4 Å². The van der Waals surface area contributed by atoms with Crippen LogP contribution in [0.1, 0.15) is 50.7 Å². The highest BCUT2D eigenvalue weighted by atomic mass is 16.2. The van der Waals surface area contributed by atoms with Crippen molar-refractivity contribution < 1.29 is 9.59 Å². The van der Waals surface area contributed by atoms with E-state index in [1.807, 2.05) is 26.1 Å². The van der Waals surface area contributed by atoms with Crippen LogP contribution in [-0.4, -0.2) is 24.6 Å². The third-order valence-electron chi connectivity index (χ3n) is 6.72. The summed E-state index contributed by atoms with van der Waals surface area (Å²) in [5, 5.41) is 4.37. The SMILES string of the molecule is CC1C(=O)N(C)c2ccc(C3=NNC(=O)C4CCC34)cc2C(C)C1C. The van der Waals surface area contributed by atoms with Gasteiger partial charge in [-0.15, -0.1) is 0 Å². The average Bonchev–Trinajstić information content (AvgIpc) is 2.63. The second-order valence-corrected chi connectivity index (χ2v) is 7.87. The molecule has 5 heteroatoms. The largest absolute Gasteiger partial charge is 0.315 e. The maximum Gasteiger partial charge on any atom is 0.243 e. The molecule has 1 fully saturated rings. The minimum absolute atomic E-state index is 0.00169. The fourth-order valence-electron chi connectivity index (χ4n) is 4.45. The van der Waals surface area contributed by atoms with Crippen molar-refractivity contribution in [2.45, 2.75) is 39.5 Å². The Hall–Kier alpha value is -2.17. The van der Waals surface area contributed by atoms with Crippen LogP contribution in [0, 0.1) is 23.7 Å². The van der Waals surface area contributed by atoms with Crippen LogP contribution in [-0.2, 0) is 9.59 Å². The van der Waals surface area contributed by atoms with Crippen LogP contribution in [0.4, 0.5) is 5.69 Å². The summed E-state index contributed by atoms with van der Waals surface area (Å²) in [5.41, 5.74) is 6.93. The van der Waals surface area contributed by atoms with Gasteiger partial charge in [0.15, 0.2) is 0 Å². The van der Waals surface area contributed by atoms with Gasteiger partial charge in [-0.1, -0.05) is 26.8 Å². The van der Waals surface area contributed by atoms with Gasteiger partial charge in [0.1, 0.15) is 0 Å². The van der Waals surface area contributed by atoms with Crippen LogP contribution < -0.4 is 10.3 Å². The quantitative estimate of drug-likeness (QED) is 0.855. The highest BCUT2D eigenvalue weighted by molar-refractivity contribution is 6.08. The third kappa shape index (κ3) is 2.32. The first-order valence-corrected chi connectivity index (χ1v) is 9.19. The second-order valence-electron chi connectivity index (χ2n) is 7.87. The fraction of sp³-hybridized carbons (Fsp3) is 0.550. The number of hydrazone groups is 1.